The van der Waals surface area contributed by atoms with Crippen molar-refractivity contribution in [2.24, 2.45) is 34.8 Å². The summed E-state index contributed by atoms with van der Waals surface area (Å²) in [6, 6.07) is 3.55. The van der Waals surface area contributed by atoms with Crippen LogP contribution in [0.4, 0.5) is 4.79 Å². The van der Waals surface area contributed by atoms with Crippen LogP contribution in [0.3, 0.4) is 0 Å². The van der Waals surface area contributed by atoms with E-state index in [1.54, 1.807) is 12.1 Å². The number of hydrogen-bond acceptors (Lipinski definition) is 7. The summed E-state index contributed by atoms with van der Waals surface area (Å²) in [6.07, 6.45) is 5.39. The molecule has 8 atom stereocenters. The first-order valence-corrected chi connectivity index (χ1v) is 16.0. The van der Waals surface area contributed by atoms with E-state index in [0.29, 0.717) is 40.6 Å². The van der Waals surface area contributed by atoms with Gasteiger partial charge in [0.05, 0.1) is 17.6 Å². The Morgan fingerprint density at radius 1 is 1.05 bits per heavy atom. The Morgan fingerprint density at radius 3 is 2.58 bits per heavy atom. The molecule has 0 radical (unpaired) electrons. The largest absolute Gasteiger partial charge is 0.471 e. The number of halogens is 1. The van der Waals surface area contributed by atoms with Gasteiger partial charge in [-0.2, -0.15) is 0 Å². The fraction of sp³-hybridized carbons (Fsp3) is 0.656. The van der Waals surface area contributed by atoms with Gasteiger partial charge in [-0.15, -0.1) is 0 Å². The molecular formula is C32H42ClN5O5. The first-order valence-electron chi connectivity index (χ1n) is 15.6. The molecule has 4 aliphatic rings. The van der Waals surface area contributed by atoms with E-state index < -0.39 is 47.4 Å². The fourth-order valence-electron chi connectivity index (χ4n) is 7.50. The van der Waals surface area contributed by atoms with Gasteiger partial charge < -0.3 is 25.4 Å². The van der Waals surface area contributed by atoms with Crippen LogP contribution in [-0.4, -0.2) is 63.6 Å². The molecule has 10 nitrogen and oxygen atoms in total. The van der Waals surface area contributed by atoms with Gasteiger partial charge in [0, 0.05) is 10.9 Å². The maximum absolute atomic E-state index is 14.1. The minimum absolute atomic E-state index is 0.111. The predicted octanol–water partition coefficient (Wildman–Crippen LogP) is 4.64. The van der Waals surface area contributed by atoms with Crippen molar-refractivity contribution >= 4 is 40.5 Å². The third kappa shape index (κ3) is 5.99. The van der Waals surface area contributed by atoms with Crippen LogP contribution in [0.5, 0.6) is 5.88 Å². The first-order chi connectivity index (χ1) is 20.4. The van der Waals surface area contributed by atoms with Crippen molar-refractivity contribution in [2.45, 2.75) is 96.9 Å². The van der Waals surface area contributed by atoms with E-state index in [1.165, 1.54) is 11.3 Å². The SMILES string of the molecule is CC1C2CN(C(=O)C(C(C)(C)C)NC(=O)OC3CC4CC4C3CCCCCc3nc4ccc(Cl)cc4nc3O2)C1C(N)=O. The van der Waals surface area contributed by atoms with Crippen LogP contribution in [0, 0.1) is 29.1 Å². The molecule has 3 N–H and O–H groups in total. The summed E-state index contributed by atoms with van der Waals surface area (Å²) in [7, 11) is 0. The Kier molecular flexibility index (Phi) is 7.94. The normalized spacial score (nSPS) is 33.3. The molecule has 1 aromatic heterocycles. The number of aryl methyl sites for hydroxylation is 1. The molecule has 8 unspecified atom stereocenters. The molecule has 43 heavy (non-hydrogen) atoms. The second-order valence-electron chi connectivity index (χ2n) is 14.0. The average molecular weight is 612 g/mol. The molecule has 3 amide bonds. The number of primary amides is 1. The zero-order valence-electron chi connectivity index (χ0n) is 25.3. The second kappa shape index (κ2) is 11.4. The van der Waals surface area contributed by atoms with E-state index in [2.05, 4.69) is 5.32 Å². The topological polar surface area (TPSA) is 137 Å². The third-order valence-electron chi connectivity index (χ3n) is 9.92. The van der Waals surface area contributed by atoms with E-state index in [0.717, 1.165) is 43.3 Å². The van der Waals surface area contributed by atoms with Gasteiger partial charge in [0.2, 0.25) is 17.7 Å². The van der Waals surface area contributed by atoms with Gasteiger partial charge in [-0.05, 0) is 73.5 Å². The minimum Gasteiger partial charge on any atom is -0.471 e. The van der Waals surface area contributed by atoms with Crippen molar-refractivity contribution in [3.05, 3.63) is 28.9 Å². The van der Waals surface area contributed by atoms with Crippen molar-refractivity contribution in [3.8, 4) is 5.88 Å². The quantitative estimate of drug-likeness (QED) is 0.479. The Morgan fingerprint density at radius 2 is 1.84 bits per heavy atom. The average Bonchev–Trinajstić information content (AvgIpc) is 3.50. The lowest BCUT2D eigenvalue weighted by Gasteiger charge is -2.35. The number of nitrogens with one attached hydrogen (secondary N) is 1. The molecule has 11 heteroatoms. The number of carbonyl (C=O) groups excluding carboxylic acids is 3. The lowest BCUT2D eigenvalue weighted by molar-refractivity contribution is -0.141. The van der Waals surface area contributed by atoms with Crippen LogP contribution in [0.25, 0.3) is 11.0 Å². The van der Waals surface area contributed by atoms with Crippen LogP contribution in [0.1, 0.15) is 71.9 Å². The van der Waals surface area contributed by atoms with Crippen molar-refractivity contribution in [3.63, 3.8) is 0 Å². The molecule has 2 aliphatic heterocycles. The van der Waals surface area contributed by atoms with Crippen molar-refractivity contribution in [2.75, 3.05) is 6.54 Å². The molecule has 2 aromatic rings. The zero-order valence-corrected chi connectivity index (χ0v) is 26.1. The molecule has 1 aromatic carbocycles. The fourth-order valence-corrected chi connectivity index (χ4v) is 7.66. The smallest absolute Gasteiger partial charge is 0.408 e. The summed E-state index contributed by atoms with van der Waals surface area (Å²) in [6.45, 7) is 7.60. The number of rotatable bonds is 1. The van der Waals surface area contributed by atoms with E-state index in [9.17, 15) is 14.4 Å². The first kappa shape index (κ1) is 29.9. The second-order valence-corrected chi connectivity index (χ2v) is 14.4. The van der Waals surface area contributed by atoms with Crippen LogP contribution >= 0.6 is 11.6 Å². The number of ether oxygens (including phenoxy) is 2. The number of nitrogens with two attached hydrogens (primary N) is 1. The molecule has 2 saturated carbocycles. The maximum atomic E-state index is 14.1. The molecule has 0 spiro atoms. The van der Waals surface area contributed by atoms with Gasteiger partial charge in [-0.3, -0.25) is 9.59 Å². The van der Waals surface area contributed by atoms with E-state index in [4.69, 9.17) is 36.8 Å². The molecule has 3 heterocycles. The zero-order chi connectivity index (χ0) is 30.6. The molecule has 6 rings (SSSR count). The predicted molar refractivity (Wildman–Crippen MR) is 161 cm³/mol. The summed E-state index contributed by atoms with van der Waals surface area (Å²) in [4.78, 5) is 51.3. The Hall–Kier alpha value is -3.14. The van der Waals surface area contributed by atoms with Gasteiger partial charge in [0.1, 0.15) is 30.0 Å². The standard InChI is InChI=1S/C32H42ClN5O5/c1-16-25-15-38(26(16)28(34)39)30(40)27(32(2,3)4)37-31(41)43-24-13-17-12-20(17)19(24)8-6-5-7-9-22-29(42-25)36-23-14-18(33)10-11-21(23)35-22/h10-11,14,16-17,19-20,24-27H,5-9,12-13,15H2,1-4H3,(H2,34,39)(H,37,41). The van der Waals surface area contributed by atoms with Gasteiger partial charge in [0.25, 0.3) is 0 Å². The van der Waals surface area contributed by atoms with Gasteiger partial charge in [0.15, 0.2) is 0 Å². The number of aromatic nitrogens is 2. The number of amides is 3. The highest BCUT2D eigenvalue weighted by Crippen LogP contribution is 2.57. The molecule has 2 bridgehead atoms. The van der Waals surface area contributed by atoms with Crippen LogP contribution in [0.15, 0.2) is 18.2 Å². The summed E-state index contributed by atoms with van der Waals surface area (Å²) >= 11 is 6.26. The Labute approximate surface area is 257 Å². The van der Waals surface area contributed by atoms with Crippen molar-refractivity contribution in [1.29, 1.82) is 0 Å². The Balaban J connectivity index is 1.36. The van der Waals surface area contributed by atoms with Crippen LogP contribution in [0.2, 0.25) is 5.02 Å². The molecule has 3 fully saturated rings. The highest BCUT2D eigenvalue weighted by molar-refractivity contribution is 6.31. The summed E-state index contributed by atoms with van der Waals surface area (Å²) in [5.41, 5.74) is 7.30. The van der Waals surface area contributed by atoms with Crippen LogP contribution < -0.4 is 15.8 Å². The lowest BCUT2D eigenvalue weighted by atomic mass is 9.85. The maximum Gasteiger partial charge on any atom is 0.408 e. The summed E-state index contributed by atoms with van der Waals surface area (Å²) in [5, 5.41) is 3.42. The number of carbonyl (C=O) groups is 3. The third-order valence-corrected chi connectivity index (χ3v) is 10.2. The number of nitrogens with zero attached hydrogens (tertiary/aromatic N) is 3. The van der Waals surface area contributed by atoms with E-state index in [-0.39, 0.29) is 12.6 Å². The van der Waals surface area contributed by atoms with E-state index in [1.807, 2.05) is 33.8 Å². The van der Waals surface area contributed by atoms with Gasteiger partial charge in [-0.25, -0.2) is 14.8 Å². The van der Waals surface area contributed by atoms with Crippen molar-refractivity contribution in [1.82, 2.24) is 20.2 Å². The van der Waals surface area contributed by atoms with E-state index >= 15 is 0 Å². The minimum atomic E-state index is -0.931. The van der Waals surface area contributed by atoms with Crippen LogP contribution in [-0.2, 0) is 20.7 Å². The Bertz CT molecular complexity index is 1430. The molecule has 1 saturated heterocycles. The number of alkyl carbamates (subject to hydrolysis) is 1. The summed E-state index contributed by atoms with van der Waals surface area (Å²) in [5.74, 6) is 0.510. The summed E-state index contributed by atoms with van der Waals surface area (Å²) < 4.78 is 12.5. The molecule has 232 valence electrons. The highest BCUT2D eigenvalue weighted by Gasteiger charge is 2.55. The van der Waals surface area contributed by atoms with Gasteiger partial charge in [-0.1, -0.05) is 52.1 Å². The van der Waals surface area contributed by atoms with Gasteiger partial charge >= 0.3 is 6.09 Å². The van der Waals surface area contributed by atoms with Crippen molar-refractivity contribution < 1.29 is 23.9 Å². The monoisotopic (exact) mass is 611 g/mol. The number of benzene rings is 1. The number of hydrogen-bond donors (Lipinski definition) is 2. The lowest BCUT2D eigenvalue weighted by Crippen LogP contribution is -2.58. The molecule has 2 aliphatic carbocycles. The number of fused-ring (bicyclic) bond motifs is 7. The molecular weight excluding hydrogens is 570 g/mol. The highest BCUT2D eigenvalue weighted by atomic mass is 35.5.